The number of aromatic nitrogens is 4. The highest BCUT2D eigenvalue weighted by atomic mass is 16.5. The number of amides is 1. The van der Waals surface area contributed by atoms with Crippen LogP contribution >= 0.6 is 0 Å². The van der Waals surface area contributed by atoms with Crippen molar-refractivity contribution in [2.45, 2.75) is 65.3 Å². The summed E-state index contributed by atoms with van der Waals surface area (Å²) in [5, 5.41) is 13.8. The molecule has 2 aromatic heterocycles. The second kappa shape index (κ2) is 9.24. The van der Waals surface area contributed by atoms with E-state index in [9.17, 15) is 4.79 Å². The van der Waals surface area contributed by atoms with Gasteiger partial charge in [0.15, 0.2) is 0 Å². The standard InChI is InChI=1S/C23H31N5O2/c1-6-7-12-30-22-17(9-11-20(25-22)23(3,4)5)14-24-21(29)15(2)16-8-10-18-19(13-16)27-28-26-18/h8-11,13,15H,6-7,12,14H2,1-5H3,(H,24,29)(H,26,27,28). The Kier molecular flexibility index (Phi) is 6.70. The Labute approximate surface area is 177 Å². The molecule has 2 N–H and O–H groups in total. The van der Waals surface area contributed by atoms with Crippen molar-refractivity contribution < 1.29 is 9.53 Å². The van der Waals surface area contributed by atoms with Crippen molar-refractivity contribution >= 4 is 16.9 Å². The highest BCUT2D eigenvalue weighted by molar-refractivity contribution is 5.85. The molecule has 160 valence electrons. The van der Waals surface area contributed by atoms with Crippen molar-refractivity contribution in [3.05, 3.63) is 47.2 Å². The van der Waals surface area contributed by atoms with Crippen molar-refractivity contribution in [1.29, 1.82) is 0 Å². The maximum atomic E-state index is 12.8. The van der Waals surface area contributed by atoms with Gasteiger partial charge in [-0.3, -0.25) is 4.79 Å². The summed E-state index contributed by atoms with van der Waals surface area (Å²) >= 11 is 0. The molecule has 0 aliphatic heterocycles. The minimum absolute atomic E-state index is 0.0581. The van der Waals surface area contributed by atoms with Gasteiger partial charge in [-0.15, -0.1) is 0 Å². The second-order valence-electron chi connectivity index (χ2n) is 8.62. The van der Waals surface area contributed by atoms with Crippen molar-refractivity contribution in [3.63, 3.8) is 0 Å². The molecule has 0 fully saturated rings. The zero-order valence-corrected chi connectivity index (χ0v) is 18.5. The topological polar surface area (TPSA) is 92.8 Å². The summed E-state index contributed by atoms with van der Waals surface area (Å²) in [5.74, 6) is 0.238. The van der Waals surface area contributed by atoms with Gasteiger partial charge in [-0.25, -0.2) is 4.98 Å². The SMILES string of the molecule is CCCCOc1nc(C(C)(C)C)ccc1CNC(=O)C(C)c1ccc2n[nH]nc2c1. The van der Waals surface area contributed by atoms with Crippen LogP contribution in [0.15, 0.2) is 30.3 Å². The number of ether oxygens (including phenoxy) is 1. The molecule has 0 aliphatic rings. The van der Waals surface area contributed by atoms with E-state index in [1.807, 2.05) is 37.3 Å². The van der Waals surface area contributed by atoms with Crippen LogP contribution in [0.3, 0.4) is 0 Å². The molecule has 0 saturated carbocycles. The predicted molar refractivity (Wildman–Crippen MR) is 117 cm³/mol. The number of hydrogen-bond donors (Lipinski definition) is 2. The Balaban J connectivity index is 1.71. The van der Waals surface area contributed by atoms with Crippen LogP contribution in [0.5, 0.6) is 5.88 Å². The number of carbonyl (C=O) groups excluding carboxylic acids is 1. The van der Waals surface area contributed by atoms with Crippen LogP contribution in [0.2, 0.25) is 0 Å². The molecule has 1 aromatic carbocycles. The first-order valence-corrected chi connectivity index (χ1v) is 10.5. The lowest BCUT2D eigenvalue weighted by Crippen LogP contribution is -2.28. The number of hydrogen-bond acceptors (Lipinski definition) is 5. The first kappa shape index (κ1) is 21.7. The van der Waals surface area contributed by atoms with Crippen LogP contribution in [0.4, 0.5) is 0 Å². The smallest absolute Gasteiger partial charge is 0.227 e. The van der Waals surface area contributed by atoms with Gasteiger partial charge in [0.05, 0.1) is 12.5 Å². The van der Waals surface area contributed by atoms with E-state index in [1.165, 1.54) is 0 Å². The zero-order chi connectivity index (χ0) is 21.7. The first-order chi connectivity index (χ1) is 14.3. The number of benzene rings is 1. The van der Waals surface area contributed by atoms with E-state index in [1.54, 1.807) is 0 Å². The lowest BCUT2D eigenvalue weighted by atomic mass is 9.91. The largest absolute Gasteiger partial charge is 0.477 e. The zero-order valence-electron chi connectivity index (χ0n) is 18.5. The average molecular weight is 410 g/mol. The molecule has 0 aliphatic carbocycles. The number of rotatable bonds is 8. The second-order valence-corrected chi connectivity index (χ2v) is 8.62. The summed E-state index contributed by atoms with van der Waals surface area (Å²) in [6.45, 7) is 11.4. The predicted octanol–water partition coefficient (Wildman–Crippen LogP) is 4.25. The van der Waals surface area contributed by atoms with E-state index in [2.05, 4.69) is 48.4 Å². The van der Waals surface area contributed by atoms with E-state index >= 15 is 0 Å². The molecule has 3 rings (SSSR count). The van der Waals surface area contributed by atoms with Gasteiger partial charge in [0, 0.05) is 23.2 Å². The summed E-state index contributed by atoms with van der Waals surface area (Å²) in [6.07, 6.45) is 2.02. The number of carbonyl (C=O) groups is 1. The molecule has 1 amide bonds. The van der Waals surface area contributed by atoms with Crippen molar-refractivity contribution in [2.24, 2.45) is 0 Å². The van der Waals surface area contributed by atoms with Gasteiger partial charge < -0.3 is 10.1 Å². The van der Waals surface area contributed by atoms with E-state index in [0.29, 0.717) is 19.0 Å². The Bertz CT molecular complexity index is 1010. The summed E-state index contributed by atoms with van der Waals surface area (Å²) < 4.78 is 5.95. The van der Waals surface area contributed by atoms with Gasteiger partial charge in [-0.2, -0.15) is 15.4 Å². The fourth-order valence-corrected chi connectivity index (χ4v) is 3.07. The fraction of sp³-hybridized carbons (Fsp3) is 0.478. The monoisotopic (exact) mass is 409 g/mol. The molecule has 1 atom stereocenters. The van der Waals surface area contributed by atoms with E-state index in [4.69, 9.17) is 9.72 Å². The molecule has 0 saturated heterocycles. The fourth-order valence-electron chi connectivity index (χ4n) is 3.07. The van der Waals surface area contributed by atoms with Crippen LogP contribution in [0, 0.1) is 0 Å². The first-order valence-electron chi connectivity index (χ1n) is 10.5. The molecule has 0 bridgehead atoms. The summed E-state index contributed by atoms with van der Waals surface area (Å²) in [7, 11) is 0. The lowest BCUT2D eigenvalue weighted by Gasteiger charge is -2.20. The van der Waals surface area contributed by atoms with Gasteiger partial charge in [-0.05, 0) is 37.1 Å². The molecule has 7 nitrogen and oxygen atoms in total. The quantitative estimate of drug-likeness (QED) is 0.543. The third-order valence-electron chi connectivity index (χ3n) is 5.13. The Morgan fingerprint density at radius 1 is 1.17 bits per heavy atom. The molecule has 0 radical (unpaired) electrons. The van der Waals surface area contributed by atoms with Crippen molar-refractivity contribution in [2.75, 3.05) is 6.61 Å². The van der Waals surface area contributed by atoms with Crippen molar-refractivity contribution in [1.82, 2.24) is 25.7 Å². The maximum Gasteiger partial charge on any atom is 0.227 e. The normalized spacial score (nSPS) is 12.7. The van der Waals surface area contributed by atoms with Gasteiger partial charge in [0.1, 0.15) is 11.0 Å². The van der Waals surface area contributed by atoms with Crippen molar-refractivity contribution in [3.8, 4) is 5.88 Å². The highest BCUT2D eigenvalue weighted by Gasteiger charge is 2.20. The number of aromatic amines is 1. The highest BCUT2D eigenvalue weighted by Crippen LogP contribution is 2.26. The minimum Gasteiger partial charge on any atom is -0.477 e. The third kappa shape index (κ3) is 5.14. The maximum absolute atomic E-state index is 12.8. The summed E-state index contributed by atoms with van der Waals surface area (Å²) in [5.41, 5.74) is 4.21. The average Bonchev–Trinajstić information content (AvgIpc) is 3.19. The van der Waals surface area contributed by atoms with Crippen LogP contribution in [-0.4, -0.2) is 32.9 Å². The lowest BCUT2D eigenvalue weighted by molar-refractivity contribution is -0.122. The number of fused-ring (bicyclic) bond motifs is 1. The molecular weight excluding hydrogens is 378 g/mol. The van der Waals surface area contributed by atoms with Crippen LogP contribution in [0.25, 0.3) is 11.0 Å². The van der Waals surface area contributed by atoms with Crippen LogP contribution < -0.4 is 10.1 Å². The summed E-state index contributed by atoms with van der Waals surface area (Å²) in [6, 6.07) is 9.68. The Hall–Kier alpha value is -2.96. The number of nitrogens with one attached hydrogen (secondary N) is 2. The molecule has 2 heterocycles. The molecule has 7 heteroatoms. The Morgan fingerprint density at radius 3 is 2.67 bits per heavy atom. The van der Waals surface area contributed by atoms with Gasteiger partial charge in [0.25, 0.3) is 0 Å². The number of nitrogens with zero attached hydrogens (tertiary/aromatic N) is 3. The van der Waals surface area contributed by atoms with E-state index < -0.39 is 0 Å². The van der Waals surface area contributed by atoms with Gasteiger partial charge in [0.2, 0.25) is 11.8 Å². The molecule has 0 spiro atoms. The molecular formula is C23H31N5O2. The molecule has 3 aromatic rings. The number of pyridine rings is 1. The molecule has 1 unspecified atom stereocenters. The third-order valence-corrected chi connectivity index (χ3v) is 5.13. The molecule has 30 heavy (non-hydrogen) atoms. The number of unbranched alkanes of at least 4 members (excludes halogenated alkanes) is 1. The van der Waals surface area contributed by atoms with Crippen LogP contribution in [-0.2, 0) is 16.8 Å². The summed E-state index contributed by atoms with van der Waals surface area (Å²) in [4.78, 5) is 17.5. The van der Waals surface area contributed by atoms with Gasteiger partial charge >= 0.3 is 0 Å². The minimum atomic E-state index is -0.308. The van der Waals surface area contributed by atoms with Gasteiger partial charge in [-0.1, -0.05) is 46.2 Å². The van der Waals surface area contributed by atoms with E-state index in [-0.39, 0.29) is 17.2 Å². The van der Waals surface area contributed by atoms with E-state index in [0.717, 1.165) is 40.7 Å². The Morgan fingerprint density at radius 2 is 1.93 bits per heavy atom. The van der Waals surface area contributed by atoms with Crippen LogP contribution in [0.1, 0.15) is 70.2 Å². The number of H-pyrrole nitrogens is 1.